The predicted molar refractivity (Wildman–Crippen MR) is 53.3 cm³/mol. The maximum Gasteiger partial charge on any atom is 0.281 e. The molecule has 2 heterocycles. The minimum Gasteiger partial charge on any atom is -0.300 e. The Bertz CT molecular complexity index is 665. The molecule has 1 aromatic carbocycles. The Balaban J connectivity index is 2.74. The van der Waals surface area contributed by atoms with E-state index in [0.717, 1.165) is 5.52 Å². The number of para-hydroxylation sites is 1. The summed E-state index contributed by atoms with van der Waals surface area (Å²) >= 11 is 0. The Morgan fingerprint density at radius 1 is 1.21 bits per heavy atom. The number of fused-ring (bicyclic) bond motifs is 3. The Morgan fingerprint density at radius 2 is 2.07 bits per heavy atom. The van der Waals surface area contributed by atoms with Crippen LogP contribution in [0.2, 0.25) is 0 Å². The van der Waals surface area contributed by atoms with Gasteiger partial charge < -0.3 is 0 Å². The number of aromatic amines is 1. The van der Waals surface area contributed by atoms with Gasteiger partial charge in [-0.05, 0) is 12.1 Å². The van der Waals surface area contributed by atoms with Gasteiger partial charge in [-0.1, -0.05) is 12.1 Å². The zero-order valence-electron chi connectivity index (χ0n) is 7.27. The van der Waals surface area contributed by atoms with Gasteiger partial charge in [-0.25, -0.2) is 4.52 Å². The summed E-state index contributed by atoms with van der Waals surface area (Å²) in [6.45, 7) is 0. The summed E-state index contributed by atoms with van der Waals surface area (Å²) in [5.74, 6) is 0. The monoisotopic (exact) mass is 185 g/mol. The van der Waals surface area contributed by atoms with Crippen molar-refractivity contribution in [1.82, 2.24) is 14.6 Å². The first-order valence-electron chi connectivity index (χ1n) is 4.31. The van der Waals surface area contributed by atoms with Crippen molar-refractivity contribution in [3.05, 3.63) is 46.9 Å². The number of nitrogens with one attached hydrogen (secondary N) is 1. The molecule has 0 unspecified atom stereocenters. The highest BCUT2D eigenvalue weighted by Gasteiger charge is 2.03. The third kappa shape index (κ3) is 0.821. The molecular weight excluding hydrogens is 178 g/mol. The molecule has 3 aromatic rings. The van der Waals surface area contributed by atoms with Crippen LogP contribution in [-0.2, 0) is 0 Å². The number of benzene rings is 1. The van der Waals surface area contributed by atoms with Crippen molar-refractivity contribution in [2.45, 2.75) is 0 Å². The van der Waals surface area contributed by atoms with Gasteiger partial charge in [0.2, 0.25) is 0 Å². The molecule has 1 N–H and O–H groups in total. The van der Waals surface area contributed by atoms with E-state index in [1.54, 1.807) is 22.8 Å². The highest BCUT2D eigenvalue weighted by atomic mass is 16.1. The van der Waals surface area contributed by atoms with Crippen LogP contribution in [0.5, 0.6) is 0 Å². The lowest BCUT2D eigenvalue weighted by molar-refractivity contribution is 0.977. The Morgan fingerprint density at radius 3 is 3.00 bits per heavy atom. The molecule has 4 heteroatoms. The average Bonchev–Trinajstić information content (AvgIpc) is 2.66. The second kappa shape index (κ2) is 2.45. The van der Waals surface area contributed by atoms with E-state index in [1.807, 2.05) is 18.2 Å². The van der Waals surface area contributed by atoms with Crippen molar-refractivity contribution < 1.29 is 0 Å². The number of aromatic nitrogens is 3. The molecular formula is C10H7N3O. The van der Waals surface area contributed by atoms with Crippen molar-refractivity contribution in [1.29, 1.82) is 0 Å². The van der Waals surface area contributed by atoms with Gasteiger partial charge in [-0.2, -0.15) is 4.98 Å². The van der Waals surface area contributed by atoms with Crippen LogP contribution in [0.1, 0.15) is 0 Å². The Kier molecular flexibility index (Phi) is 1.28. The molecule has 2 aromatic heterocycles. The molecule has 0 radical (unpaired) electrons. The lowest BCUT2D eigenvalue weighted by atomic mass is 10.2. The standard InChI is InChI=1S/C10H7N3O/c14-10-7-3-1-2-4-8(7)13-9(12-10)5-6-11-13/h1-6,11H. The summed E-state index contributed by atoms with van der Waals surface area (Å²) in [6.07, 6.45) is 1.76. The normalized spacial score (nSPS) is 11.1. The van der Waals surface area contributed by atoms with E-state index >= 15 is 0 Å². The van der Waals surface area contributed by atoms with Gasteiger partial charge in [0.25, 0.3) is 5.56 Å². The highest BCUT2D eigenvalue weighted by molar-refractivity contribution is 5.79. The molecule has 0 bridgehead atoms. The van der Waals surface area contributed by atoms with Gasteiger partial charge in [0.05, 0.1) is 10.9 Å². The van der Waals surface area contributed by atoms with Crippen LogP contribution in [0.4, 0.5) is 0 Å². The minimum atomic E-state index is -0.180. The van der Waals surface area contributed by atoms with E-state index in [-0.39, 0.29) is 5.56 Å². The van der Waals surface area contributed by atoms with Gasteiger partial charge in [-0.15, -0.1) is 0 Å². The second-order valence-corrected chi connectivity index (χ2v) is 3.09. The van der Waals surface area contributed by atoms with Crippen LogP contribution in [0.3, 0.4) is 0 Å². The number of hydrogen-bond acceptors (Lipinski definition) is 2. The third-order valence-corrected chi connectivity index (χ3v) is 2.26. The molecule has 0 atom stereocenters. The van der Waals surface area contributed by atoms with Crippen molar-refractivity contribution in [2.75, 3.05) is 0 Å². The molecule has 68 valence electrons. The average molecular weight is 185 g/mol. The lowest BCUT2D eigenvalue weighted by Gasteiger charge is -1.99. The number of nitrogens with zero attached hydrogens (tertiary/aromatic N) is 2. The van der Waals surface area contributed by atoms with E-state index in [4.69, 9.17) is 0 Å². The third-order valence-electron chi connectivity index (χ3n) is 2.26. The largest absolute Gasteiger partial charge is 0.300 e. The lowest BCUT2D eigenvalue weighted by Crippen LogP contribution is -2.09. The van der Waals surface area contributed by atoms with Crippen molar-refractivity contribution in [3.8, 4) is 0 Å². The number of hydrogen-bond donors (Lipinski definition) is 1. The first-order valence-corrected chi connectivity index (χ1v) is 4.31. The van der Waals surface area contributed by atoms with Gasteiger partial charge >= 0.3 is 0 Å². The van der Waals surface area contributed by atoms with Crippen LogP contribution in [0, 0.1) is 0 Å². The molecule has 0 spiro atoms. The topological polar surface area (TPSA) is 50.2 Å². The maximum absolute atomic E-state index is 11.6. The molecule has 14 heavy (non-hydrogen) atoms. The van der Waals surface area contributed by atoms with E-state index in [2.05, 4.69) is 10.1 Å². The van der Waals surface area contributed by atoms with Crippen molar-refractivity contribution in [2.24, 2.45) is 0 Å². The molecule has 4 nitrogen and oxygen atoms in total. The van der Waals surface area contributed by atoms with Crippen LogP contribution >= 0.6 is 0 Å². The first-order chi connectivity index (χ1) is 6.86. The zero-order valence-corrected chi connectivity index (χ0v) is 7.27. The SMILES string of the molecule is O=c1nc2cc[nH]n2c2ccccc12. The minimum absolute atomic E-state index is 0.180. The molecule has 3 rings (SSSR count). The smallest absolute Gasteiger partial charge is 0.281 e. The molecule has 0 aliphatic heterocycles. The summed E-state index contributed by atoms with van der Waals surface area (Å²) in [7, 11) is 0. The fourth-order valence-corrected chi connectivity index (χ4v) is 1.62. The van der Waals surface area contributed by atoms with Gasteiger partial charge in [0.15, 0.2) is 5.65 Å². The summed E-state index contributed by atoms with van der Waals surface area (Å²) in [5, 5.41) is 3.64. The summed E-state index contributed by atoms with van der Waals surface area (Å²) in [5.41, 5.74) is 1.32. The second-order valence-electron chi connectivity index (χ2n) is 3.09. The van der Waals surface area contributed by atoms with Crippen LogP contribution in [0.15, 0.2) is 41.3 Å². The molecule has 0 saturated heterocycles. The van der Waals surface area contributed by atoms with E-state index in [0.29, 0.717) is 11.0 Å². The summed E-state index contributed by atoms with van der Waals surface area (Å²) in [4.78, 5) is 15.5. The van der Waals surface area contributed by atoms with Gasteiger partial charge in [0.1, 0.15) is 0 Å². The molecule has 0 amide bonds. The Hall–Kier alpha value is -2.10. The van der Waals surface area contributed by atoms with Gasteiger partial charge in [0, 0.05) is 12.3 Å². The van der Waals surface area contributed by atoms with Gasteiger partial charge in [-0.3, -0.25) is 9.89 Å². The van der Waals surface area contributed by atoms with Crippen LogP contribution in [0.25, 0.3) is 16.6 Å². The zero-order chi connectivity index (χ0) is 9.54. The molecule has 0 aliphatic carbocycles. The molecule has 0 saturated carbocycles. The fraction of sp³-hybridized carbons (Fsp3) is 0. The Labute approximate surface area is 78.8 Å². The van der Waals surface area contributed by atoms with Crippen LogP contribution in [-0.4, -0.2) is 14.6 Å². The number of H-pyrrole nitrogens is 1. The molecule has 0 aliphatic rings. The fourth-order valence-electron chi connectivity index (χ4n) is 1.62. The predicted octanol–water partition coefficient (Wildman–Crippen LogP) is 1.18. The highest BCUT2D eigenvalue weighted by Crippen LogP contribution is 2.09. The summed E-state index contributed by atoms with van der Waals surface area (Å²) < 4.78 is 1.79. The van der Waals surface area contributed by atoms with Crippen molar-refractivity contribution in [3.63, 3.8) is 0 Å². The van der Waals surface area contributed by atoms with E-state index in [1.165, 1.54) is 0 Å². The van der Waals surface area contributed by atoms with E-state index < -0.39 is 0 Å². The quantitative estimate of drug-likeness (QED) is 0.571. The maximum atomic E-state index is 11.6. The summed E-state index contributed by atoms with van der Waals surface area (Å²) in [6, 6.07) is 9.17. The first kappa shape index (κ1) is 7.32. The molecule has 0 fully saturated rings. The van der Waals surface area contributed by atoms with Crippen LogP contribution < -0.4 is 5.56 Å². The van der Waals surface area contributed by atoms with E-state index in [9.17, 15) is 4.79 Å². The van der Waals surface area contributed by atoms with Crippen molar-refractivity contribution >= 4 is 16.6 Å². The number of rotatable bonds is 0.